The minimum absolute atomic E-state index is 0. The van der Waals surface area contributed by atoms with Crippen molar-refractivity contribution in [3.8, 4) is 0 Å². The van der Waals surface area contributed by atoms with E-state index in [9.17, 15) is 9.59 Å². The van der Waals surface area contributed by atoms with Crippen LogP contribution in [-0.4, -0.2) is 33.2 Å². The molecule has 0 unspecified atom stereocenters. The van der Waals surface area contributed by atoms with E-state index in [2.05, 4.69) is 15.3 Å². The van der Waals surface area contributed by atoms with Crippen molar-refractivity contribution in [2.45, 2.75) is 19.1 Å². The van der Waals surface area contributed by atoms with Crippen molar-refractivity contribution < 1.29 is 19.4 Å². The maximum Gasteiger partial charge on any atom is 0.408 e. The molecule has 2 aromatic rings. The van der Waals surface area contributed by atoms with Gasteiger partial charge in [0.25, 0.3) is 0 Å². The van der Waals surface area contributed by atoms with Crippen LogP contribution in [0.5, 0.6) is 0 Å². The lowest BCUT2D eigenvalue weighted by molar-refractivity contribution is -0.139. The van der Waals surface area contributed by atoms with Gasteiger partial charge in [-0.25, -0.2) is 14.6 Å². The Bertz CT molecular complexity index is 589. The topological polar surface area (TPSA) is 104 Å². The molecule has 118 valence electrons. The molecule has 1 heterocycles. The summed E-state index contributed by atoms with van der Waals surface area (Å²) in [6.07, 6.45) is 2.29. The third-order valence-corrected chi connectivity index (χ3v) is 2.78. The summed E-state index contributed by atoms with van der Waals surface area (Å²) in [4.78, 5) is 29.4. The summed E-state index contributed by atoms with van der Waals surface area (Å²) in [5.41, 5.74) is 1.44. The van der Waals surface area contributed by atoms with Crippen LogP contribution in [0.1, 0.15) is 11.3 Å². The number of aromatic nitrogens is 2. The summed E-state index contributed by atoms with van der Waals surface area (Å²) in [6.45, 7) is 0.0864. The van der Waals surface area contributed by atoms with Gasteiger partial charge < -0.3 is 20.1 Å². The zero-order valence-corrected chi connectivity index (χ0v) is 12.7. The first-order valence-electron chi connectivity index (χ1n) is 6.32. The average Bonchev–Trinajstić information content (AvgIpc) is 2.98. The summed E-state index contributed by atoms with van der Waals surface area (Å²) in [7, 11) is 0. The standard InChI is InChI=1S/C14H15N3O4.H2S/c18-13(19)12(6-11-7-15-9-16-11)17-14(20)21-8-10-4-2-1-3-5-10;/h1-5,7,9,12H,6,8H2,(H,15,16)(H,17,20)(H,18,19);1H2/t12-;/m0./s1. The normalized spacial score (nSPS) is 11.1. The van der Waals surface area contributed by atoms with Gasteiger partial charge in [-0.2, -0.15) is 13.5 Å². The number of ether oxygens (including phenoxy) is 1. The summed E-state index contributed by atoms with van der Waals surface area (Å²) in [6, 6.07) is 8.06. The van der Waals surface area contributed by atoms with Gasteiger partial charge in [-0.15, -0.1) is 0 Å². The van der Waals surface area contributed by atoms with Gasteiger partial charge in [0.1, 0.15) is 12.6 Å². The average molecular weight is 323 g/mol. The van der Waals surface area contributed by atoms with Crippen molar-refractivity contribution in [1.82, 2.24) is 15.3 Å². The predicted octanol–water partition coefficient (Wildman–Crippen LogP) is 1.44. The van der Waals surface area contributed by atoms with Gasteiger partial charge in [0.15, 0.2) is 0 Å². The number of alkyl carbamates (subject to hydrolysis) is 1. The van der Waals surface area contributed by atoms with Gasteiger partial charge in [0, 0.05) is 18.3 Å². The Morgan fingerprint density at radius 2 is 2.05 bits per heavy atom. The molecule has 3 N–H and O–H groups in total. The third kappa shape index (κ3) is 5.49. The molecule has 7 nitrogen and oxygen atoms in total. The van der Waals surface area contributed by atoms with Gasteiger partial charge in [-0.3, -0.25) is 0 Å². The summed E-state index contributed by atoms with van der Waals surface area (Å²) in [5.74, 6) is -1.14. The molecule has 1 aromatic carbocycles. The fraction of sp³-hybridized carbons (Fsp3) is 0.214. The number of H-pyrrole nitrogens is 1. The molecule has 8 heteroatoms. The number of carboxylic acids is 1. The predicted molar refractivity (Wildman–Crippen MR) is 83.9 cm³/mol. The molecule has 0 aliphatic heterocycles. The Balaban J connectivity index is 0.00000242. The first-order chi connectivity index (χ1) is 10.1. The van der Waals surface area contributed by atoms with Crippen molar-refractivity contribution >= 4 is 25.6 Å². The van der Waals surface area contributed by atoms with E-state index in [-0.39, 0.29) is 26.5 Å². The molecule has 1 atom stereocenters. The van der Waals surface area contributed by atoms with Crippen LogP contribution in [0.25, 0.3) is 0 Å². The number of nitrogens with one attached hydrogen (secondary N) is 2. The van der Waals surface area contributed by atoms with Crippen molar-refractivity contribution in [3.05, 3.63) is 54.1 Å². The lowest BCUT2D eigenvalue weighted by Crippen LogP contribution is -2.42. The highest BCUT2D eigenvalue weighted by Gasteiger charge is 2.21. The van der Waals surface area contributed by atoms with Crippen molar-refractivity contribution in [2.24, 2.45) is 0 Å². The van der Waals surface area contributed by atoms with E-state index >= 15 is 0 Å². The van der Waals surface area contributed by atoms with Crippen LogP contribution in [0.3, 0.4) is 0 Å². The van der Waals surface area contributed by atoms with Crippen molar-refractivity contribution in [3.63, 3.8) is 0 Å². The van der Waals surface area contributed by atoms with E-state index in [4.69, 9.17) is 9.84 Å². The van der Waals surface area contributed by atoms with Crippen LogP contribution in [0.15, 0.2) is 42.9 Å². The minimum Gasteiger partial charge on any atom is -0.480 e. The lowest BCUT2D eigenvalue weighted by Gasteiger charge is -2.13. The number of carbonyl (C=O) groups is 2. The molecular formula is C14H17N3O4S. The summed E-state index contributed by atoms with van der Waals surface area (Å²) in [5, 5.41) is 11.4. The molecule has 0 radical (unpaired) electrons. The number of nitrogens with zero attached hydrogens (tertiary/aromatic N) is 1. The Hall–Kier alpha value is -2.48. The molecule has 22 heavy (non-hydrogen) atoms. The van der Waals surface area contributed by atoms with Gasteiger partial charge in [-0.05, 0) is 5.56 Å². The Kier molecular flexibility index (Phi) is 6.97. The Labute approximate surface area is 134 Å². The number of benzene rings is 1. The van der Waals surface area contributed by atoms with Crippen LogP contribution < -0.4 is 5.32 Å². The molecule has 1 aromatic heterocycles. The zero-order valence-electron chi connectivity index (χ0n) is 11.7. The second-order valence-corrected chi connectivity index (χ2v) is 4.38. The van der Waals surface area contributed by atoms with E-state index in [1.54, 1.807) is 0 Å². The largest absolute Gasteiger partial charge is 0.480 e. The van der Waals surface area contributed by atoms with E-state index in [0.717, 1.165) is 5.56 Å². The van der Waals surface area contributed by atoms with Crippen LogP contribution in [0.2, 0.25) is 0 Å². The van der Waals surface area contributed by atoms with E-state index < -0.39 is 18.1 Å². The first-order valence-corrected chi connectivity index (χ1v) is 6.32. The van der Waals surface area contributed by atoms with Gasteiger partial charge in [0.2, 0.25) is 0 Å². The highest BCUT2D eigenvalue weighted by atomic mass is 32.1. The van der Waals surface area contributed by atoms with Gasteiger partial charge in [0.05, 0.1) is 6.33 Å². The summed E-state index contributed by atoms with van der Waals surface area (Å²) < 4.78 is 4.99. The zero-order chi connectivity index (χ0) is 15.1. The first kappa shape index (κ1) is 17.6. The number of aromatic amines is 1. The number of hydrogen-bond donors (Lipinski definition) is 3. The maximum absolute atomic E-state index is 11.6. The van der Waals surface area contributed by atoms with Gasteiger partial charge in [-0.1, -0.05) is 30.3 Å². The minimum atomic E-state index is -1.14. The van der Waals surface area contributed by atoms with E-state index in [0.29, 0.717) is 5.69 Å². The quantitative estimate of drug-likeness (QED) is 0.746. The van der Waals surface area contributed by atoms with Crippen LogP contribution in [-0.2, 0) is 22.6 Å². The van der Waals surface area contributed by atoms with E-state index in [1.165, 1.54) is 12.5 Å². The van der Waals surface area contributed by atoms with Crippen molar-refractivity contribution in [2.75, 3.05) is 0 Å². The van der Waals surface area contributed by atoms with Crippen LogP contribution in [0.4, 0.5) is 4.79 Å². The molecule has 0 aliphatic carbocycles. The molecular weight excluding hydrogens is 306 g/mol. The SMILES string of the molecule is O=C(N[C@@H](Cc1cnc[nH]1)C(=O)O)OCc1ccccc1.S. The van der Waals surface area contributed by atoms with Crippen LogP contribution in [0, 0.1) is 0 Å². The number of aliphatic carboxylic acids is 1. The molecule has 0 bridgehead atoms. The maximum atomic E-state index is 11.6. The summed E-state index contributed by atoms with van der Waals surface area (Å²) >= 11 is 0. The number of carbonyl (C=O) groups excluding carboxylic acids is 1. The van der Waals surface area contributed by atoms with Gasteiger partial charge >= 0.3 is 12.1 Å². The molecule has 0 spiro atoms. The highest BCUT2D eigenvalue weighted by molar-refractivity contribution is 7.59. The molecule has 2 rings (SSSR count). The molecule has 0 saturated heterocycles. The highest BCUT2D eigenvalue weighted by Crippen LogP contribution is 2.02. The second-order valence-electron chi connectivity index (χ2n) is 4.38. The second kappa shape index (κ2) is 8.73. The Morgan fingerprint density at radius 3 is 2.64 bits per heavy atom. The number of rotatable bonds is 6. The van der Waals surface area contributed by atoms with Crippen molar-refractivity contribution in [1.29, 1.82) is 0 Å². The lowest BCUT2D eigenvalue weighted by atomic mass is 10.2. The molecule has 1 amide bonds. The molecule has 0 saturated carbocycles. The number of hydrogen-bond acceptors (Lipinski definition) is 4. The fourth-order valence-electron chi connectivity index (χ4n) is 1.72. The number of amides is 1. The number of imidazole rings is 1. The molecule has 0 aliphatic rings. The third-order valence-electron chi connectivity index (χ3n) is 2.78. The number of carboxylic acid groups (broad SMARTS) is 1. The van der Waals surface area contributed by atoms with Crippen LogP contribution >= 0.6 is 13.5 Å². The monoisotopic (exact) mass is 323 g/mol. The smallest absolute Gasteiger partial charge is 0.408 e. The molecule has 0 fully saturated rings. The Morgan fingerprint density at radius 1 is 1.32 bits per heavy atom. The van der Waals surface area contributed by atoms with E-state index in [1.807, 2.05) is 30.3 Å². The fourth-order valence-corrected chi connectivity index (χ4v) is 1.72.